The Morgan fingerprint density at radius 3 is 2.43 bits per heavy atom. The molecule has 3 heteroatoms. The fourth-order valence-corrected chi connectivity index (χ4v) is 2.00. The largest absolute Gasteiger partial charge is 0.324 e. The number of hydrogen-bond acceptors (Lipinski definition) is 2. The van der Waals surface area contributed by atoms with Gasteiger partial charge in [-0.05, 0) is 31.9 Å². The minimum absolute atomic E-state index is 0.120. The predicted molar refractivity (Wildman–Crippen MR) is 56.1 cm³/mol. The first kappa shape index (κ1) is 9.21. The number of anilines is 1. The van der Waals surface area contributed by atoms with Crippen LogP contribution in [0.1, 0.15) is 23.6 Å². The van der Waals surface area contributed by atoms with Crippen LogP contribution >= 0.6 is 0 Å². The highest BCUT2D eigenvalue weighted by Crippen LogP contribution is 2.38. The first-order valence-electron chi connectivity index (χ1n) is 4.65. The highest BCUT2D eigenvalue weighted by molar-refractivity contribution is 6.06. The van der Waals surface area contributed by atoms with Crippen molar-refractivity contribution in [3.05, 3.63) is 28.8 Å². The molecule has 3 N–H and O–H groups in total. The summed E-state index contributed by atoms with van der Waals surface area (Å²) in [6, 6.07) is 4.00. The van der Waals surface area contributed by atoms with Gasteiger partial charge >= 0.3 is 0 Å². The summed E-state index contributed by atoms with van der Waals surface area (Å²) in [5.41, 5.74) is 9.06. The van der Waals surface area contributed by atoms with Crippen LogP contribution in [0.5, 0.6) is 0 Å². The maximum absolute atomic E-state index is 11.6. The molecule has 74 valence electrons. The molecule has 0 saturated heterocycles. The van der Waals surface area contributed by atoms with E-state index in [4.69, 9.17) is 5.73 Å². The lowest BCUT2D eigenvalue weighted by Crippen LogP contribution is -2.40. The van der Waals surface area contributed by atoms with Gasteiger partial charge in [0, 0.05) is 11.3 Å². The van der Waals surface area contributed by atoms with E-state index in [-0.39, 0.29) is 5.91 Å². The summed E-state index contributed by atoms with van der Waals surface area (Å²) in [6.07, 6.45) is 0. The summed E-state index contributed by atoms with van der Waals surface area (Å²) in [6.45, 7) is 5.70. The van der Waals surface area contributed by atoms with E-state index in [0.717, 1.165) is 22.4 Å². The quantitative estimate of drug-likeness (QED) is 0.650. The van der Waals surface area contributed by atoms with Crippen LogP contribution < -0.4 is 11.1 Å². The standard InChI is InChI=1S/C11H14N2O/c1-6-4-5-7(2)9-8(6)11(3,12)10(14)13-9/h4-5H,12H2,1-3H3,(H,13,14)/t11-/m1/s1. The fourth-order valence-electron chi connectivity index (χ4n) is 2.00. The van der Waals surface area contributed by atoms with Crippen molar-refractivity contribution in [3.8, 4) is 0 Å². The molecule has 1 aliphatic heterocycles. The third-order valence-electron chi connectivity index (χ3n) is 2.85. The van der Waals surface area contributed by atoms with Crippen molar-refractivity contribution in [2.24, 2.45) is 5.73 Å². The monoisotopic (exact) mass is 190 g/mol. The Morgan fingerprint density at radius 2 is 1.86 bits per heavy atom. The molecule has 14 heavy (non-hydrogen) atoms. The van der Waals surface area contributed by atoms with Gasteiger partial charge in [0.1, 0.15) is 5.54 Å². The fraction of sp³-hybridized carbons (Fsp3) is 0.364. The molecule has 1 aromatic carbocycles. The Balaban J connectivity index is 2.76. The summed E-state index contributed by atoms with van der Waals surface area (Å²) >= 11 is 0. The number of hydrogen-bond donors (Lipinski definition) is 2. The lowest BCUT2D eigenvalue weighted by molar-refractivity contribution is -0.120. The van der Waals surface area contributed by atoms with Crippen LogP contribution in [0.15, 0.2) is 12.1 Å². The minimum atomic E-state index is -0.883. The predicted octanol–water partition coefficient (Wildman–Crippen LogP) is 1.43. The van der Waals surface area contributed by atoms with Crippen molar-refractivity contribution in [1.82, 2.24) is 0 Å². The van der Waals surface area contributed by atoms with E-state index in [1.165, 1.54) is 0 Å². The van der Waals surface area contributed by atoms with Crippen molar-refractivity contribution in [2.75, 3.05) is 5.32 Å². The van der Waals surface area contributed by atoms with E-state index < -0.39 is 5.54 Å². The third kappa shape index (κ3) is 0.990. The third-order valence-corrected chi connectivity index (χ3v) is 2.85. The Morgan fingerprint density at radius 1 is 1.29 bits per heavy atom. The van der Waals surface area contributed by atoms with Crippen LogP contribution in [0, 0.1) is 13.8 Å². The molecule has 0 aromatic heterocycles. The molecule has 0 radical (unpaired) electrons. The molecule has 1 aromatic rings. The lowest BCUT2D eigenvalue weighted by Gasteiger charge is -2.17. The number of nitrogens with one attached hydrogen (secondary N) is 1. The van der Waals surface area contributed by atoms with Crippen LogP contribution in [-0.4, -0.2) is 5.91 Å². The number of rotatable bonds is 0. The second-order valence-corrected chi connectivity index (χ2v) is 4.11. The molecule has 2 rings (SSSR count). The van der Waals surface area contributed by atoms with Crippen LogP contribution in [0.3, 0.4) is 0 Å². The molecule has 0 fully saturated rings. The van der Waals surface area contributed by atoms with Crippen LogP contribution in [-0.2, 0) is 10.3 Å². The SMILES string of the molecule is Cc1ccc(C)c2c1NC(=O)[C@]2(C)N. The van der Waals surface area contributed by atoms with Crippen molar-refractivity contribution >= 4 is 11.6 Å². The summed E-state index contributed by atoms with van der Waals surface area (Å²) in [5, 5.41) is 2.83. The molecule has 3 nitrogen and oxygen atoms in total. The smallest absolute Gasteiger partial charge is 0.248 e. The number of amides is 1. The van der Waals surface area contributed by atoms with E-state index in [1.54, 1.807) is 6.92 Å². The number of carbonyl (C=O) groups is 1. The molecule has 0 saturated carbocycles. The minimum Gasteiger partial charge on any atom is -0.324 e. The maximum atomic E-state index is 11.6. The molecule has 1 amide bonds. The number of nitrogens with two attached hydrogens (primary N) is 1. The summed E-state index contributed by atoms with van der Waals surface area (Å²) < 4.78 is 0. The summed E-state index contributed by atoms with van der Waals surface area (Å²) in [5.74, 6) is -0.120. The van der Waals surface area contributed by atoms with Crippen LogP contribution in [0.25, 0.3) is 0 Å². The number of fused-ring (bicyclic) bond motifs is 1. The van der Waals surface area contributed by atoms with Gasteiger partial charge in [-0.15, -0.1) is 0 Å². The molecule has 0 spiro atoms. The van der Waals surface area contributed by atoms with Gasteiger partial charge in [-0.2, -0.15) is 0 Å². The molecular formula is C11H14N2O. The lowest BCUT2D eigenvalue weighted by atomic mass is 9.90. The average molecular weight is 190 g/mol. The zero-order chi connectivity index (χ0) is 10.5. The van der Waals surface area contributed by atoms with Gasteiger partial charge in [0.15, 0.2) is 0 Å². The first-order valence-corrected chi connectivity index (χ1v) is 4.65. The van der Waals surface area contributed by atoms with Crippen molar-refractivity contribution in [3.63, 3.8) is 0 Å². The van der Waals surface area contributed by atoms with Crippen LogP contribution in [0.4, 0.5) is 5.69 Å². The highest BCUT2D eigenvalue weighted by atomic mass is 16.2. The van der Waals surface area contributed by atoms with Crippen molar-refractivity contribution in [1.29, 1.82) is 0 Å². The Bertz CT molecular complexity index is 422. The van der Waals surface area contributed by atoms with E-state index in [1.807, 2.05) is 26.0 Å². The molecular weight excluding hydrogens is 176 g/mol. The Kier molecular flexibility index (Phi) is 1.70. The van der Waals surface area contributed by atoms with Gasteiger partial charge in [-0.1, -0.05) is 12.1 Å². The maximum Gasteiger partial charge on any atom is 0.248 e. The highest BCUT2D eigenvalue weighted by Gasteiger charge is 2.40. The van der Waals surface area contributed by atoms with E-state index in [0.29, 0.717) is 0 Å². The molecule has 0 bridgehead atoms. The van der Waals surface area contributed by atoms with E-state index in [9.17, 15) is 4.79 Å². The Labute approximate surface area is 83.3 Å². The number of benzene rings is 1. The Hall–Kier alpha value is -1.35. The zero-order valence-electron chi connectivity index (χ0n) is 8.64. The molecule has 1 heterocycles. The summed E-state index contributed by atoms with van der Waals surface area (Å²) in [7, 11) is 0. The normalized spacial score (nSPS) is 24.7. The number of aryl methyl sites for hydroxylation is 2. The van der Waals surface area contributed by atoms with Gasteiger partial charge in [0.05, 0.1) is 0 Å². The second-order valence-electron chi connectivity index (χ2n) is 4.11. The molecule has 1 aliphatic rings. The average Bonchev–Trinajstić information content (AvgIpc) is 2.33. The zero-order valence-corrected chi connectivity index (χ0v) is 8.64. The van der Waals surface area contributed by atoms with Gasteiger partial charge in [-0.25, -0.2) is 0 Å². The molecule has 1 atom stereocenters. The molecule has 0 unspecified atom stereocenters. The molecule has 0 aliphatic carbocycles. The van der Waals surface area contributed by atoms with E-state index in [2.05, 4.69) is 5.32 Å². The summed E-state index contributed by atoms with van der Waals surface area (Å²) in [4.78, 5) is 11.6. The number of carbonyl (C=O) groups excluding carboxylic acids is 1. The van der Waals surface area contributed by atoms with Gasteiger partial charge in [0.25, 0.3) is 0 Å². The van der Waals surface area contributed by atoms with Crippen molar-refractivity contribution < 1.29 is 4.79 Å². The topological polar surface area (TPSA) is 55.1 Å². The first-order chi connectivity index (χ1) is 6.44. The van der Waals surface area contributed by atoms with E-state index >= 15 is 0 Å². The van der Waals surface area contributed by atoms with Gasteiger partial charge < -0.3 is 11.1 Å². The van der Waals surface area contributed by atoms with Gasteiger partial charge in [-0.3, -0.25) is 4.79 Å². The van der Waals surface area contributed by atoms with Crippen molar-refractivity contribution in [2.45, 2.75) is 26.3 Å². The van der Waals surface area contributed by atoms with Gasteiger partial charge in [0.2, 0.25) is 5.91 Å². The van der Waals surface area contributed by atoms with Crippen LogP contribution in [0.2, 0.25) is 0 Å². The second kappa shape index (κ2) is 2.58.